The molecule has 5 rings (SSSR count). The highest BCUT2D eigenvalue weighted by molar-refractivity contribution is 6.13. The number of benzene rings is 1. The van der Waals surface area contributed by atoms with Crippen LogP contribution in [0.25, 0.3) is 10.9 Å². The first-order valence-corrected chi connectivity index (χ1v) is 10.9. The number of carbonyl (C=O) groups excluding carboxylic acids is 1. The number of hydrogen-bond acceptors (Lipinski definition) is 8. The van der Waals surface area contributed by atoms with E-state index in [-0.39, 0.29) is 30.7 Å². The van der Waals surface area contributed by atoms with Gasteiger partial charge in [-0.3, -0.25) is 14.2 Å². The first-order chi connectivity index (χ1) is 15.6. The lowest BCUT2D eigenvalue weighted by Crippen LogP contribution is -2.40. The molecule has 32 heavy (non-hydrogen) atoms. The topological polar surface area (TPSA) is 116 Å². The van der Waals surface area contributed by atoms with Crippen LogP contribution in [0.4, 0.5) is 17.5 Å². The molecule has 1 atom stereocenters. The largest absolute Gasteiger partial charge is 0.395 e. The molecule has 3 aromatic rings. The Morgan fingerprint density at radius 3 is 2.94 bits per heavy atom. The predicted octanol–water partition coefficient (Wildman–Crippen LogP) is 1.24. The molecule has 0 bridgehead atoms. The van der Waals surface area contributed by atoms with E-state index >= 15 is 0 Å². The van der Waals surface area contributed by atoms with Crippen LogP contribution in [0.15, 0.2) is 35.5 Å². The molecule has 10 nitrogen and oxygen atoms in total. The highest BCUT2D eigenvalue weighted by atomic mass is 16.3. The summed E-state index contributed by atoms with van der Waals surface area (Å²) < 4.78 is 1.38. The number of anilines is 3. The van der Waals surface area contributed by atoms with Crippen molar-refractivity contribution in [1.29, 1.82) is 0 Å². The highest BCUT2D eigenvalue weighted by Crippen LogP contribution is 2.35. The van der Waals surface area contributed by atoms with Crippen LogP contribution < -0.4 is 20.7 Å². The van der Waals surface area contributed by atoms with Crippen molar-refractivity contribution in [2.75, 3.05) is 41.4 Å². The van der Waals surface area contributed by atoms with Crippen molar-refractivity contribution in [1.82, 2.24) is 19.5 Å². The Bertz CT molecular complexity index is 1240. The minimum absolute atomic E-state index is 0.120. The van der Waals surface area contributed by atoms with E-state index in [0.29, 0.717) is 47.0 Å². The first kappa shape index (κ1) is 20.4. The van der Waals surface area contributed by atoms with Crippen molar-refractivity contribution in [3.63, 3.8) is 0 Å². The molecule has 0 saturated carbocycles. The van der Waals surface area contributed by atoms with E-state index < -0.39 is 0 Å². The van der Waals surface area contributed by atoms with Gasteiger partial charge in [-0.2, -0.15) is 4.98 Å². The van der Waals surface area contributed by atoms with Crippen molar-refractivity contribution in [2.45, 2.75) is 32.4 Å². The number of hydrogen-bond donors (Lipinski definition) is 2. The van der Waals surface area contributed by atoms with Crippen LogP contribution in [0.1, 0.15) is 30.1 Å². The van der Waals surface area contributed by atoms with Gasteiger partial charge in [-0.25, -0.2) is 9.97 Å². The monoisotopic (exact) mass is 435 g/mol. The molecule has 2 N–H and O–H groups in total. The summed E-state index contributed by atoms with van der Waals surface area (Å²) in [4.78, 5) is 43.9. The summed E-state index contributed by atoms with van der Waals surface area (Å²) in [5, 5.41) is 12.8. The van der Waals surface area contributed by atoms with E-state index in [1.807, 2.05) is 13.0 Å². The summed E-state index contributed by atoms with van der Waals surface area (Å²) in [5.41, 5.74) is 1.27. The number of rotatable bonds is 5. The predicted molar refractivity (Wildman–Crippen MR) is 121 cm³/mol. The number of aliphatic hydroxyl groups excluding tert-OH is 1. The fraction of sp³-hybridized carbons (Fsp3) is 0.409. The van der Waals surface area contributed by atoms with Gasteiger partial charge in [-0.15, -0.1) is 0 Å². The number of carbonyl (C=O) groups is 1. The molecule has 0 radical (unpaired) electrons. The van der Waals surface area contributed by atoms with Crippen molar-refractivity contribution in [3.8, 4) is 0 Å². The highest BCUT2D eigenvalue weighted by Gasteiger charge is 2.38. The molecule has 2 aromatic heterocycles. The van der Waals surface area contributed by atoms with Crippen LogP contribution >= 0.6 is 0 Å². The second kappa shape index (κ2) is 8.19. The quantitative estimate of drug-likeness (QED) is 0.615. The summed E-state index contributed by atoms with van der Waals surface area (Å²) in [6, 6.07) is 5.41. The molecule has 1 aromatic carbocycles. The second-order valence-electron chi connectivity index (χ2n) is 8.01. The van der Waals surface area contributed by atoms with Crippen LogP contribution in [0.3, 0.4) is 0 Å². The molecule has 0 unspecified atom stereocenters. The van der Waals surface area contributed by atoms with Crippen molar-refractivity contribution >= 4 is 34.3 Å². The fourth-order valence-electron chi connectivity index (χ4n) is 4.60. The third-order valence-electron chi connectivity index (χ3n) is 6.09. The minimum Gasteiger partial charge on any atom is -0.395 e. The van der Waals surface area contributed by atoms with E-state index in [0.717, 1.165) is 19.4 Å². The lowest BCUT2D eigenvalue weighted by Gasteiger charge is -2.27. The van der Waals surface area contributed by atoms with Crippen molar-refractivity contribution < 1.29 is 9.90 Å². The summed E-state index contributed by atoms with van der Waals surface area (Å²) in [6.07, 6.45) is 4.98. The van der Waals surface area contributed by atoms with Gasteiger partial charge in [0.05, 0.1) is 30.6 Å². The lowest BCUT2D eigenvalue weighted by molar-refractivity contribution is 0.0988. The van der Waals surface area contributed by atoms with Gasteiger partial charge in [-0.05, 0) is 31.9 Å². The van der Waals surface area contributed by atoms with Crippen LogP contribution in [0.2, 0.25) is 0 Å². The molecule has 10 heteroatoms. The summed E-state index contributed by atoms with van der Waals surface area (Å²) >= 11 is 0. The second-order valence-corrected chi connectivity index (χ2v) is 8.01. The zero-order valence-electron chi connectivity index (χ0n) is 17.9. The number of aromatic nitrogens is 4. The number of aliphatic hydroxyl groups is 1. The Kier molecular flexibility index (Phi) is 5.22. The molecule has 166 valence electrons. The summed E-state index contributed by atoms with van der Waals surface area (Å²) in [5.74, 6) is 0.963. The Labute approximate surface area is 184 Å². The number of para-hydroxylation sites is 1. The van der Waals surface area contributed by atoms with Crippen LogP contribution in [0, 0.1) is 0 Å². The smallest absolute Gasteiger partial charge is 0.263 e. The maximum Gasteiger partial charge on any atom is 0.263 e. The Balaban J connectivity index is 1.64. The van der Waals surface area contributed by atoms with Gasteiger partial charge in [0.25, 0.3) is 11.5 Å². The van der Waals surface area contributed by atoms with Gasteiger partial charge < -0.3 is 20.2 Å². The summed E-state index contributed by atoms with van der Waals surface area (Å²) in [7, 11) is 0. The Hall–Kier alpha value is -3.53. The summed E-state index contributed by atoms with van der Waals surface area (Å²) in [6.45, 7) is 4.00. The molecule has 2 aliphatic heterocycles. The average molecular weight is 435 g/mol. The van der Waals surface area contributed by atoms with Gasteiger partial charge in [0, 0.05) is 31.9 Å². The first-order valence-electron chi connectivity index (χ1n) is 10.9. The zero-order chi connectivity index (χ0) is 22.2. The normalized spacial score (nSPS) is 17.9. The minimum atomic E-state index is -0.241. The fourth-order valence-corrected chi connectivity index (χ4v) is 4.60. The number of nitrogens with zero attached hydrogens (tertiary/aromatic N) is 6. The third-order valence-corrected chi connectivity index (χ3v) is 6.09. The number of nitrogens with one attached hydrogen (secondary N) is 1. The molecule has 0 aliphatic carbocycles. The standard InChI is InChI=1S/C22H25N7O3/c1-2-23-22-24-11-16-19(26-22)28-8-4-5-14(28)12-29(21(16)32)17-7-3-6-15-18(17)25-13-27(9-10-30)20(15)31/h3,6-7,11,13-14,30H,2,4-5,8-10,12H2,1H3,(H,23,24,26)/t14-/m0/s1. The van der Waals surface area contributed by atoms with Crippen LogP contribution in [-0.4, -0.2) is 62.8 Å². The van der Waals surface area contributed by atoms with Crippen LogP contribution in [0.5, 0.6) is 0 Å². The maximum atomic E-state index is 13.7. The molecule has 0 spiro atoms. The van der Waals surface area contributed by atoms with E-state index in [9.17, 15) is 14.7 Å². The van der Waals surface area contributed by atoms with E-state index in [1.165, 1.54) is 10.9 Å². The Morgan fingerprint density at radius 1 is 1.25 bits per heavy atom. The van der Waals surface area contributed by atoms with Crippen LogP contribution in [-0.2, 0) is 6.54 Å². The van der Waals surface area contributed by atoms with Gasteiger partial charge >= 0.3 is 0 Å². The van der Waals surface area contributed by atoms with Gasteiger partial charge in [0.1, 0.15) is 16.9 Å². The zero-order valence-corrected chi connectivity index (χ0v) is 17.9. The average Bonchev–Trinajstić information content (AvgIpc) is 3.23. The van der Waals surface area contributed by atoms with Crippen molar-refractivity contribution in [3.05, 3.63) is 46.6 Å². The third kappa shape index (κ3) is 3.27. The van der Waals surface area contributed by atoms with Crippen molar-refractivity contribution in [2.24, 2.45) is 0 Å². The van der Waals surface area contributed by atoms with Gasteiger partial charge in [0.15, 0.2) is 0 Å². The lowest BCUT2D eigenvalue weighted by atomic mass is 10.1. The molecule has 4 heterocycles. The molecule has 1 fully saturated rings. The van der Waals surface area contributed by atoms with Gasteiger partial charge in [-0.1, -0.05) is 6.07 Å². The van der Waals surface area contributed by atoms with E-state index in [2.05, 4.69) is 25.2 Å². The van der Waals surface area contributed by atoms with Gasteiger partial charge in [0.2, 0.25) is 5.95 Å². The SMILES string of the molecule is CCNc1ncc2c(n1)N1CCC[C@H]1CN(c1cccc3c(=O)n(CCO)cnc13)C2=O. The van der Waals surface area contributed by atoms with E-state index in [4.69, 9.17) is 0 Å². The van der Waals surface area contributed by atoms with E-state index in [1.54, 1.807) is 23.2 Å². The molecule has 1 saturated heterocycles. The molecule has 1 amide bonds. The number of fused-ring (bicyclic) bond motifs is 4. The molecular formula is C22H25N7O3. The molecular weight excluding hydrogens is 410 g/mol. The molecule has 2 aliphatic rings. The Morgan fingerprint density at radius 2 is 2.12 bits per heavy atom. The maximum absolute atomic E-state index is 13.7. The number of amides is 1.